The lowest BCUT2D eigenvalue weighted by atomic mass is 10.0. The maximum atomic E-state index is 15.7. The predicted molar refractivity (Wildman–Crippen MR) is 154 cm³/mol. The molecule has 1 fully saturated rings. The highest BCUT2D eigenvalue weighted by Gasteiger charge is 2.41. The number of aromatic nitrogens is 3. The van der Waals surface area contributed by atoms with Crippen LogP contribution in [-0.2, 0) is 22.2 Å². The van der Waals surface area contributed by atoms with Gasteiger partial charge in [0, 0.05) is 57.9 Å². The Bertz CT molecular complexity index is 1570. The standard InChI is InChI=1S/C29H34F4N6O5/c1-5-43-25(41)19-17-39(11-7-10-36-27(42)44-28(2,3)4)22-18(24(19)40)16-20(30)23(21(22)29(31,32)33)37-12-14-38(15-13-37)26-34-8-6-9-35-26/h6,8-9,16-17H,5,7,10-15H2,1-4H3,(H,36,42). The zero-order chi connectivity index (χ0) is 32.2. The Morgan fingerprint density at radius 1 is 1.05 bits per heavy atom. The lowest BCUT2D eigenvalue weighted by Crippen LogP contribution is -2.48. The van der Waals surface area contributed by atoms with Gasteiger partial charge in [-0.05, 0) is 46.2 Å². The molecule has 15 heteroatoms. The molecule has 1 aromatic carbocycles. The molecular weight excluding hydrogens is 588 g/mol. The first-order chi connectivity index (χ1) is 20.7. The first-order valence-corrected chi connectivity index (χ1v) is 14.1. The van der Waals surface area contributed by atoms with Gasteiger partial charge in [-0.1, -0.05) is 0 Å². The highest BCUT2D eigenvalue weighted by atomic mass is 19.4. The Kier molecular flexibility index (Phi) is 9.64. The number of rotatable bonds is 8. The van der Waals surface area contributed by atoms with E-state index in [1.807, 2.05) is 0 Å². The Morgan fingerprint density at radius 3 is 2.27 bits per heavy atom. The summed E-state index contributed by atoms with van der Waals surface area (Å²) in [7, 11) is 0. The average Bonchev–Trinajstić information content (AvgIpc) is 2.95. The predicted octanol–water partition coefficient (Wildman–Crippen LogP) is 4.37. The smallest absolute Gasteiger partial charge is 0.420 e. The number of nitrogens with zero attached hydrogens (tertiary/aromatic N) is 5. The third kappa shape index (κ3) is 7.37. The molecule has 0 spiro atoms. The molecular formula is C29H34F4N6O5. The summed E-state index contributed by atoms with van der Waals surface area (Å²) in [6.07, 6.45) is -1.60. The second-order valence-electron chi connectivity index (χ2n) is 11.1. The number of hydrogen-bond acceptors (Lipinski definition) is 9. The van der Waals surface area contributed by atoms with Gasteiger partial charge >= 0.3 is 18.2 Å². The van der Waals surface area contributed by atoms with Crippen LogP contribution in [0.1, 0.15) is 50.0 Å². The van der Waals surface area contributed by atoms with Gasteiger partial charge in [-0.3, -0.25) is 4.79 Å². The normalized spacial score (nSPS) is 14.1. The minimum absolute atomic E-state index is 0.0101. The quantitative estimate of drug-likeness (QED) is 0.222. The summed E-state index contributed by atoms with van der Waals surface area (Å²) in [5.74, 6) is -1.88. The van der Waals surface area contributed by atoms with E-state index >= 15 is 4.39 Å². The van der Waals surface area contributed by atoms with E-state index in [0.29, 0.717) is 5.95 Å². The van der Waals surface area contributed by atoms with Crippen molar-refractivity contribution in [1.82, 2.24) is 19.9 Å². The molecule has 0 atom stereocenters. The monoisotopic (exact) mass is 622 g/mol. The first-order valence-electron chi connectivity index (χ1n) is 14.1. The van der Waals surface area contributed by atoms with E-state index in [-0.39, 0.29) is 52.3 Å². The van der Waals surface area contributed by atoms with E-state index in [1.165, 1.54) is 11.8 Å². The van der Waals surface area contributed by atoms with Crippen molar-refractivity contribution in [3.05, 3.63) is 57.9 Å². The molecule has 1 amide bonds. The molecule has 0 radical (unpaired) electrons. The number of halogens is 4. The van der Waals surface area contributed by atoms with Crippen molar-refractivity contribution in [1.29, 1.82) is 0 Å². The number of alkyl carbamates (subject to hydrolysis) is 1. The maximum absolute atomic E-state index is 15.7. The summed E-state index contributed by atoms with van der Waals surface area (Å²) in [5.41, 5.74) is -4.96. The number of nitrogens with one attached hydrogen (secondary N) is 1. The van der Waals surface area contributed by atoms with Crippen LogP contribution in [0.4, 0.5) is 34.0 Å². The molecule has 0 unspecified atom stereocenters. The number of amides is 1. The van der Waals surface area contributed by atoms with E-state index in [2.05, 4.69) is 15.3 Å². The Balaban J connectivity index is 1.77. The number of anilines is 2. The number of pyridine rings is 1. The molecule has 44 heavy (non-hydrogen) atoms. The lowest BCUT2D eigenvalue weighted by Gasteiger charge is -2.37. The van der Waals surface area contributed by atoms with Crippen LogP contribution in [0.5, 0.6) is 0 Å². The summed E-state index contributed by atoms with van der Waals surface area (Å²) in [5, 5.41) is 1.92. The summed E-state index contributed by atoms with van der Waals surface area (Å²) < 4.78 is 71.6. The summed E-state index contributed by atoms with van der Waals surface area (Å²) in [4.78, 5) is 49.4. The van der Waals surface area contributed by atoms with Crippen molar-refractivity contribution in [2.24, 2.45) is 0 Å². The van der Waals surface area contributed by atoms with E-state index in [9.17, 15) is 27.6 Å². The molecule has 0 bridgehead atoms. The van der Waals surface area contributed by atoms with E-state index in [4.69, 9.17) is 9.47 Å². The zero-order valence-electron chi connectivity index (χ0n) is 24.8. The highest BCUT2D eigenvalue weighted by Crippen LogP contribution is 2.43. The number of hydrogen-bond donors (Lipinski definition) is 1. The number of carbonyl (C=O) groups excluding carboxylic acids is 2. The Labute approximate surface area is 250 Å². The topological polar surface area (TPSA) is 119 Å². The third-order valence-electron chi connectivity index (χ3n) is 6.74. The Hall–Kier alpha value is -4.43. The largest absolute Gasteiger partial charge is 0.462 e. The number of aryl methyl sites for hydroxylation is 1. The molecule has 3 aromatic rings. The Morgan fingerprint density at radius 2 is 1.68 bits per heavy atom. The fourth-order valence-electron chi connectivity index (χ4n) is 4.97. The van der Waals surface area contributed by atoms with Crippen molar-refractivity contribution >= 4 is 34.6 Å². The van der Waals surface area contributed by atoms with Crippen molar-refractivity contribution in [2.45, 2.75) is 52.4 Å². The number of fused-ring (bicyclic) bond motifs is 1. The van der Waals surface area contributed by atoms with E-state index in [1.54, 1.807) is 44.1 Å². The number of carbonyl (C=O) groups is 2. The zero-order valence-corrected chi connectivity index (χ0v) is 24.8. The average molecular weight is 623 g/mol. The molecule has 1 aliphatic heterocycles. The molecule has 3 heterocycles. The molecule has 1 aliphatic rings. The van der Waals surface area contributed by atoms with E-state index < -0.39 is 62.8 Å². The molecule has 1 saturated heterocycles. The molecule has 0 aliphatic carbocycles. The van der Waals surface area contributed by atoms with Crippen molar-refractivity contribution < 1.29 is 36.6 Å². The van der Waals surface area contributed by atoms with Gasteiger partial charge in [0.1, 0.15) is 22.5 Å². The van der Waals surface area contributed by atoms with Gasteiger partial charge in [0.15, 0.2) is 0 Å². The number of piperazine rings is 1. The fraction of sp³-hybridized carbons (Fsp3) is 0.483. The summed E-state index contributed by atoms with van der Waals surface area (Å²) in [6, 6.07) is 2.38. The number of ether oxygens (including phenoxy) is 2. The van der Waals surface area contributed by atoms with Gasteiger partial charge in [-0.25, -0.2) is 23.9 Å². The molecule has 1 N–H and O–H groups in total. The number of benzene rings is 1. The van der Waals surface area contributed by atoms with Crippen LogP contribution in [0.15, 0.2) is 35.5 Å². The lowest BCUT2D eigenvalue weighted by molar-refractivity contribution is -0.136. The van der Waals surface area contributed by atoms with Gasteiger partial charge in [-0.15, -0.1) is 0 Å². The van der Waals surface area contributed by atoms with E-state index in [0.717, 1.165) is 16.8 Å². The van der Waals surface area contributed by atoms with Gasteiger partial charge < -0.3 is 29.2 Å². The van der Waals surface area contributed by atoms with Crippen molar-refractivity contribution in [3.63, 3.8) is 0 Å². The minimum atomic E-state index is -5.08. The van der Waals surface area contributed by atoms with Crippen LogP contribution in [0.2, 0.25) is 0 Å². The second-order valence-corrected chi connectivity index (χ2v) is 11.1. The van der Waals surface area contributed by atoms with Crippen LogP contribution in [-0.4, -0.2) is 71.5 Å². The minimum Gasteiger partial charge on any atom is -0.462 e. The van der Waals surface area contributed by atoms with Crippen LogP contribution in [0, 0.1) is 5.82 Å². The van der Waals surface area contributed by atoms with Crippen LogP contribution in [0.25, 0.3) is 10.9 Å². The molecule has 238 valence electrons. The third-order valence-corrected chi connectivity index (χ3v) is 6.74. The highest BCUT2D eigenvalue weighted by molar-refractivity contribution is 5.96. The molecule has 11 nitrogen and oxygen atoms in total. The summed E-state index contributed by atoms with van der Waals surface area (Å²) >= 11 is 0. The molecule has 4 rings (SSSR count). The van der Waals surface area contributed by atoms with Crippen LogP contribution < -0.4 is 20.5 Å². The fourth-order valence-corrected chi connectivity index (χ4v) is 4.97. The van der Waals surface area contributed by atoms with Crippen LogP contribution in [0.3, 0.4) is 0 Å². The number of esters is 1. The van der Waals surface area contributed by atoms with Gasteiger partial charge in [0.2, 0.25) is 11.4 Å². The van der Waals surface area contributed by atoms with Gasteiger partial charge in [-0.2, -0.15) is 13.2 Å². The second kappa shape index (κ2) is 13.1. The molecule has 2 aromatic heterocycles. The van der Waals surface area contributed by atoms with Gasteiger partial charge in [0.05, 0.1) is 23.2 Å². The van der Waals surface area contributed by atoms with Crippen molar-refractivity contribution in [3.8, 4) is 0 Å². The first kappa shape index (κ1) is 32.5. The van der Waals surface area contributed by atoms with Crippen LogP contribution >= 0.6 is 0 Å². The van der Waals surface area contributed by atoms with Gasteiger partial charge in [0.25, 0.3) is 0 Å². The molecule has 0 saturated carbocycles. The van der Waals surface area contributed by atoms with Crippen molar-refractivity contribution in [2.75, 3.05) is 49.1 Å². The summed E-state index contributed by atoms with van der Waals surface area (Å²) in [6.45, 7) is 6.82. The number of alkyl halides is 3. The SMILES string of the molecule is CCOC(=O)c1cn(CCCNC(=O)OC(C)(C)C)c2c(C(F)(F)F)c(N3CCN(c4ncccn4)CC3)c(F)cc2c1=O. The maximum Gasteiger partial charge on any atom is 0.420 e.